The molecule has 1 fully saturated rings. The van der Waals surface area contributed by atoms with Crippen molar-refractivity contribution in [2.45, 2.75) is 44.7 Å². The summed E-state index contributed by atoms with van der Waals surface area (Å²) in [7, 11) is 0. The van der Waals surface area contributed by atoms with Gasteiger partial charge in [0, 0.05) is 19.0 Å². The fourth-order valence-corrected chi connectivity index (χ4v) is 2.96. The average Bonchev–Trinajstić information content (AvgIpc) is 2.94. The van der Waals surface area contributed by atoms with Crippen LogP contribution in [0.25, 0.3) is 11.0 Å². The number of nitrogens with zero attached hydrogens (tertiary/aromatic N) is 2. The fraction of sp³-hybridized carbons (Fsp3) is 0.467. The lowest BCUT2D eigenvalue weighted by Crippen LogP contribution is -2.30. The van der Waals surface area contributed by atoms with E-state index in [4.69, 9.17) is 11.6 Å². The van der Waals surface area contributed by atoms with Crippen molar-refractivity contribution in [3.05, 3.63) is 29.6 Å². The van der Waals surface area contributed by atoms with E-state index in [2.05, 4.69) is 40.0 Å². The number of benzene rings is 1. The van der Waals surface area contributed by atoms with Crippen LogP contribution in [0.3, 0.4) is 0 Å². The highest BCUT2D eigenvalue weighted by Gasteiger charge is 2.24. The number of hydrogen-bond donors (Lipinski definition) is 1. The zero-order valence-corrected chi connectivity index (χ0v) is 12.4. The van der Waals surface area contributed by atoms with E-state index in [1.807, 2.05) is 6.92 Å². The van der Waals surface area contributed by atoms with Gasteiger partial charge in [0.15, 0.2) is 0 Å². The van der Waals surface area contributed by atoms with Gasteiger partial charge in [-0.05, 0) is 38.0 Å². The maximum Gasteiger partial charge on any atom is 0.220 e. The van der Waals surface area contributed by atoms with Gasteiger partial charge in [0.25, 0.3) is 0 Å². The number of hydrogen-bond acceptors (Lipinski definition) is 2. The molecule has 5 heteroatoms. The number of alkyl halides is 1. The fourth-order valence-electron chi connectivity index (χ4n) is 2.79. The highest BCUT2D eigenvalue weighted by Crippen LogP contribution is 2.26. The zero-order valence-electron chi connectivity index (χ0n) is 11.7. The number of halogens is 1. The molecule has 0 aliphatic carbocycles. The molecular weight excluding hydrogens is 274 g/mol. The SMILES string of the molecule is Cc1ccc2c(c1)nc(C(C)Cl)n2CC1CCC(=O)N1. The van der Waals surface area contributed by atoms with Gasteiger partial charge in [0.1, 0.15) is 5.82 Å². The Morgan fingerprint density at radius 1 is 1.55 bits per heavy atom. The molecule has 0 spiro atoms. The van der Waals surface area contributed by atoms with E-state index in [1.165, 1.54) is 5.56 Å². The lowest BCUT2D eigenvalue weighted by molar-refractivity contribution is -0.119. The molecule has 4 nitrogen and oxygen atoms in total. The van der Waals surface area contributed by atoms with E-state index < -0.39 is 0 Å². The highest BCUT2D eigenvalue weighted by atomic mass is 35.5. The maximum atomic E-state index is 11.3. The number of rotatable bonds is 3. The van der Waals surface area contributed by atoms with Crippen molar-refractivity contribution in [1.29, 1.82) is 0 Å². The summed E-state index contributed by atoms with van der Waals surface area (Å²) < 4.78 is 2.14. The number of aryl methyl sites for hydroxylation is 1. The first-order valence-electron chi connectivity index (χ1n) is 6.95. The van der Waals surface area contributed by atoms with Crippen LogP contribution in [0.4, 0.5) is 0 Å². The van der Waals surface area contributed by atoms with Crippen molar-refractivity contribution < 1.29 is 4.79 Å². The van der Waals surface area contributed by atoms with Crippen LogP contribution in [-0.2, 0) is 11.3 Å². The first-order chi connectivity index (χ1) is 9.54. The summed E-state index contributed by atoms with van der Waals surface area (Å²) in [4.78, 5) is 16.0. The molecule has 2 unspecified atom stereocenters. The van der Waals surface area contributed by atoms with Gasteiger partial charge in [0.05, 0.1) is 16.4 Å². The van der Waals surface area contributed by atoms with E-state index in [0.717, 1.165) is 29.8 Å². The van der Waals surface area contributed by atoms with E-state index in [1.54, 1.807) is 0 Å². The monoisotopic (exact) mass is 291 g/mol. The number of fused-ring (bicyclic) bond motifs is 1. The van der Waals surface area contributed by atoms with Crippen LogP contribution in [0.5, 0.6) is 0 Å². The summed E-state index contributed by atoms with van der Waals surface area (Å²) in [6.07, 6.45) is 1.49. The first kappa shape index (κ1) is 13.4. The molecule has 2 aromatic rings. The second-order valence-corrected chi connectivity index (χ2v) is 6.15. The van der Waals surface area contributed by atoms with Gasteiger partial charge >= 0.3 is 0 Å². The molecule has 106 valence electrons. The molecule has 0 saturated carbocycles. The molecule has 0 bridgehead atoms. The summed E-state index contributed by atoms with van der Waals surface area (Å²) in [5.74, 6) is 1.00. The van der Waals surface area contributed by atoms with E-state index >= 15 is 0 Å². The number of amides is 1. The quantitative estimate of drug-likeness (QED) is 0.884. The van der Waals surface area contributed by atoms with Crippen LogP contribution < -0.4 is 5.32 Å². The molecular formula is C15H18ClN3O. The zero-order chi connectivity index (χ0) is 14.3. The Kier molecular flexibility index (Phi) is 3.42. The van der Waals surface area contributed by atoms with E-state index in [0.29, 0.717) is 6.42 Å². The Labute approximate surface area is 123 Å². The van der Waals surface area contributed by atoms with Crippen molar-refractivity contribution in [1.82, 2.24) is 14.9 Å². The smallest absolute Gasteiger partial charge is 0.220 e. The second kappa shape index (κ2) is 5.09. The topological polar surface area (TPSA) is 46.9 Å². The lowest BCUT2D eigenvalue weighted by atomic mass is 10.2. The number of carbonyl (C=O) groups excluding carboxylic acids is 1. The van der Waals surface area contributed by atoms with Crippen LogP contribution >= 0.6 is 11.6 Å². The molecule has 1 aliphatic heterocycles. The highest BCUT2D eigenvalue weighted by molar-refractivity contribution is 6.20. The summed E-state index contributed by atoms with van der Waals surface area (Å²) in [5.41, 5.74) is 3.24. The van der Waals surface area contributed by atoms with Gasteiger partial charge in [-0.25, -0.2) is 4.98 Å². The van der Waals surface area contributed by atoms with Crippen LogP contribution in [0, 0.1) is 6.92 Å². The predicted molar refractivity (Wildman–Crippen MR) is 79.9 cm³/mol. The third-order valence-corrected chi connectivity index (χ3v) is 3.97. The van der Waals surface area contributed by atoms with Gasteiger partial charge in [0.2, 0.25) is 5.91 Å². The Balaban J connectivity index is 2.02. The molecule has 20 heavy (non-hydrogen) atoms. The third kappa shape index (κ3) is 2.40. The molecule has 0 radical (unpaired) electrons. The standard InChI is InChI=1S/C15H18ClN3O/c1-9-3-5-13-12(7-9)18-15(10(2)16)19(13)8-11-4-6-14(20)17-11/h3,5,7,10-11H,4,6,8H2,1-2H3,(H,17,20). The van der Waals surface area contributed by atoms with Gasteiger partial charge < -0.3 is 9.88 Å². The average molecular weight is 292 g/mol. The van der Waals surface area contributed by atoms with Gasteiger partial charge in [-0.15, -0.1) is 11.6 Å². The molecule has 1 saturated heterocycles. The largest absolute Gasteiger partial charge is 0.352 e. The third-order valence-electron chi connectivity index (χ3n) is 3.78. The Morgan fingerprint density at radius 3 is 3.00 bits per heavy atom. The van der Waals surface area contributed by atoms with Crippen LogP contribution in [0.2, 0.25) is 0 Å². The van der Waals surface area contributed by atoms with Crippen LogP contribution in [0.15, 0.2) is 18.2 Å². The van der Waals surface area contributed by atoms with Gasteiger partial charge in [-0.2, -0.15) is 0 Å². The minimum atomic E-state index is -0.153. The van der Waals surface area contributed by atoms with Crippen LogP contribution in [0.1, 0.15) is 36.5 Å². The Bertz CT molecular complexity index is 662. The summed E-state index contributed by atoms with van der Waals surface area (Å²) >= 11 is 6.26. The molecule has 3 rings (SSSR count). The van der Waals surface area contributed by atoms with Crippen molar-refractivity contribution in [2.24, 2.45) is 0 Å². The van der Waals surface area contributed by atoms with Crippen molar-refractivity contribution in [2.75, 3.05) is 0 Å². The van der Waals surface area contributed by atoms with Crippen molar-refractivity contribution >= 4 is 28.5 Å². The number of aromatic nitrogens is 2. The number of imidazole rings is 1. The predicted octanol–water partition coefficient (Wildman–Crippen LogP) is 2.92. The molecule has 2 heterocycles. The first-order valence-corrected chi connectivity index (χ1v) is 7.38. The lowest BCUT2D eigenvalue weighted by Gasteiger charge is -2.15. The number of carbonyl (C=O) groups is 1. The maximum absolute atomic E-state index is 11.3. The Morgan fingerprint density at radius 2 is 2.35 bits per heavy atom. The van der Waals surface area contributed by atoms with Crippen molar-refractivity contribution in [3.8, 4) is 0 Å². The molecule has 2 atom stereocenters. The van der Waals surface area contributed by atoms with E-state index in [-0.39, 0.29) is 17.3 Å². The number of nitrogens with one attached hydrogen (secondary N) is 1. The van der Waals surface area contributed by atoms with Crippen molar-refractivity contribution in [3.63, 3.8) is 0 Å². The minimum absolute atomic E-state index is 0.135. The normalized spacial score (nSPS) is 20.4. The molecule has 1 amide bonds. The summed E-state index contributed by atoms with van der Waals surface area (Å²) in [5, 5.41) is 2.85. The van der Waals surface area contributed by atoms with Gasteiger partial charge in [-0.1, -0.05) is 6.07 Å². The summed E-state index contributed by atoms with van der Waals surface area (Å²) in [6, 6.07) is 6.41. The minimum Gasteiger partial charge on any atom is -0.352 e. The van der Waals surface area contributed by atoms with E-state index in [9.17, 15) is 4.79 Å². The molecule has 1 aromatic heterocycles. The Hall–Kier alpha value is -1.55. The molecule has 1 aliphatic rings. The molecule has 1 aromatic carbocycles. The second-order valence-electron chi connectivity index (χ2n) is 5.49. The van der Waals surface area contributed by atoms with Crippen LogP contribution in [-0.4, -0.2) is 21.5 Å². The van der Waals surface area contributed by atoms with Gasteiger partial charge in [-0.3, -0.25) is 4.79 Å². The summed E-state index contributed by atoms with van der Waals surface area (Å²) in [6.45, 7) is 4.72. The molecule has 1 N–H and O–H groups in total.